The van der Waals surface area contributed by atoms with Gasteiger partial charge in [-0.3, -0.25) is 4.79 Å². The SMILES string of the molecule is O=C(Cn1cncn1)c1sccc1Br. The maximum Gasteiger partial charge on any atom is 0.195 e. The van der Waals surface area contributed by atoms with Crippen molar-refractivity contribution in [3.8, 4) is 0 Å². The van der Waals surface area contributed by atoms with Crippen molar-refractivity contribution in [2.24, 2.45) is 0 Å². The van der Waals surface area contributed by atoms with E-state index in [0.29, 0.717) is 0 Å². The van der Waals surface area contributed by atoms with E-state index in [1.54, 1.807) is 0 Å². The Hall–Kier alpha value is -1.01. The number of nitrogens with zero attached hydrogens (tertiary/aromatic N) is 3. The number of thiophene rings is 1. The van der Waals surface area contributed by atoms with E-state index >= 15 is 0 Å². The molecule has 72 valence electrons. The van der Waals surface area contributed by atoms with Crippen molar-refractivity contribution < 1.29 is 4.79 Å². The largest absolute Gasteiger partial charge is 0.291 e. The van der Waals surface area contributed by atoms with Crippen LogP contribution >= 0.6 is 27.3 Å². The number of ketones is 1. The normalized spacial score (nSPS) is 10.4. The Bertz CT molecular complexity index is 437. The van der Waals surface area contributed by atoms with Crippen molar-refractivity contribution in [3.63, 3.8) is 0 Å². The van der Waals surface area contributed by atoms with Crippen molar-refractivity contribution >= 4 is 33.0 Å². The highest BCUT2D eigenvalue weighted by molar-refractivity contribution is 9.10. The molecule has 0 spiro atoms. The molecule has 0 saturated heterocycles. The van der Waals surface area contributed by atoms with Crippen LogP contribution in [0.3, 0.4) is 0 Å². The molecule has 2 heterocycles. The fraction of sp³-hybridized carbons (Fsp3) is 0.125. The van der Waals surface area contributed by atoms with Crippen molar-refractivity contribution in [2.75, 3.05) is 0 Å². The van der Waals surface area contributed by atoms with Crippen LogP contribution in [-0.2, 0) is 6.54 Å². The molecule has 4 nitrogen and oxygen atoms in total. The van der Waals surface area contributed by atoms with Crippen LogP contribution < -0.4 is 0 Å². The lowest BCUT2D eigenvalue weighted by molar-refractivity contribution is 0.0971. The van der Waals surface area contributed by atoms with E-state index in [1.807, 2.05) is 11.4 Å². The molecule has 2 aromatic heterocycles. The van der Waals surface area contributed by atoms with Gasteiger partial charge < -0.3 is 0 Å². The van der Waals surface area contributed by atoms with E-state index in [9.17, 15) is 4.79 Å². The molecule has 0 aliphatic rings. The lowest BCUT2D eigenvalue weighted by Crippen LogP contribution is -2.09. The number of carbonyl (C=O) groups is 1. The van der Waals surface area contributed by atoms with E-state index in [4.69, 9.17) is 0 Å². The minimum atomic E-state index is 0.0392. The molecule has 0 fully saturated rings. The summed E-state index contributed by atoms with van der Waals surface area (Å²) in [6, 6.07) is 1.86. The Morgan fingerprint density at radius 1 is 1.64 bits per heavy atom. The molecular formula is C8H6BrN3OS. The first-order valence-electron chi connectivity index (χ1n) is 3.86. The quantitative estimate of drug-likeness (QED) is 0.803. The van der Waals surface area contributed by atoms with E-state index in [1.165, 1.54) is 28.7 Å². The fourth-order valence-corrected chi connectivity index (χ4v) is 2.55. The molecule has 0 radical (unpaired) electrons. The number of halogens is 1. The second kappa shape index (κ2) is 4.02. The predicted molar refractivity (Wildman–Crippen MR) is 56.4 cm³/mol. The van der Waals surface area contributed by atoms with Crippen molar-refractivity contribution in [3.05, 3.63) is 33.5 Å². The zero-order valence-electron chi connectivity index (χ0n) is 7.05. The molecule has 6 heteroatoms. The van der Waals surface area contributed by atoms with Gasteiger partial charge in [-0.15, -0.1) is 11.3 Å². The van der Waals surface area contributed by atoms with Gasteiger partial charge in [-0.2, -0.15) is 5.10 Å². The van der Waals surface area contributed by atoms with E-state index in [-0.39, 0.29) is 12.3 Å². The van der Waals surface area contributed by atoms with Gasteiger partial charge in [0.05, 0.1) is 4.88 Å². The summed E-state index contributed by atoms with van der Waals surface area (Å²) in [5, 5.41) is 5.74. The maximum atomic E-state index is 11.7. The van der Waals surface area contributed by atoms with Crippen molar-refractivity contribution in [2.45, 2.75) is 6.54 Å². The number of rotatable bonds is 3. The van der Waals surface area contributed by atoms with Gasteiger partial charge in [0.1, 0.15) is 19.2 Å². The topological polar surface area (TPSA) is 47.8 Å². The Morgan fingerprint density at radius 3 is 3.07 bits per heavy atom. The van der Waals surface area contributed by atoms with Crippen molar-refractivity contribution in [1.82, 2.24) is 14.8 Å². The highest BCUT2D eigenvalue weighted by atomic mass is 79.9. The molecule has 0 aliphatic heterocycles. The first kappa shape index (κ1) is 9.54. The van der Waals surface area contributed by atoms with Gasteiger partial charge in [-0.25, -0.2) is 9.67 Å². The molecule has 0 aliphatic carbocycles. The average Bonchev–Trinajstić information content (AvgIpc) is 2.75. The van der Waals surface area contributed by atoms with Crippen LogP contribution in [0.1, 0.15) is 9.67 Å². The lowest BCUT2D eigenvalue weighted by Gasteiger charge is -1.98. The Balaban J connectivity index is 2.14. The van der Waals surface area contributed by atoms with Crippen LogP contribution in [-0.4, -0.2) is 20.5 Å². The maximum absolute atomic E-state index is 11.7. The summed E-state index contributed by atoms with van der Waals surface area (Å²) >= 11 is 4.74. The van der Waals surface area contributed by atoms with Crippen LogP contribution in [0.25, 0.3) is 0 Å². The highest BCUT2D eigenvalue weighted by Crippen LogP contribution is 2.23. The smallest absolute Gasteiger partial charge is 0.195 e. The zero-order valence-corrected chi connectivity index (χ0v) is 9.46. The Morgan fingerprint density at radius 2 is 2.50 bits per heavy atom. The summed E-state index contributed by atoms with van der Waals surface area (Å²) in [5.41, 5.74) is 0. The minimum Gasteiger partial charge on any atom is -0.291 e. The first-order valence-corrected chi connectivity index (χ1v) is 5.53. The van der Waals surface area contributed by atoms with Gasteiger partial charge in [0.15, 0.2) is 5.78 Å². The average molecular weight is 272 g/mol. The molecule has 14 heavy (non-hydrogen) atoms. The molecule has 2 aromatic rings. The predicted octanol–water partition coefficient (Wildman–Crippen LogP) is 1.98. The standard InChI is InChI=1S/C8H6BrN3OS/c9-6-1-2-14-8(6)7(13)3-12-5-10-4-11-12/h1-2,4-5H,3H2. The van der Waals surface area contributed by atoms with Gasteiger partial charge in [-0.05, 0) is 27.4 Å². The summed E-state index contributed by atoms with van der Waals surface area (Å²) in [6.45, 7) is 0.235. The van der Waals surface area contributed by atoms with Gasteiger partial charge in [-0.1, -0.05) is 0 Å². The molecule has 0 atom stereocenters. The fourth-order valence-electron chi connectivity index (χ4n) is 1.03. The Labute approximate surface area is 92.7 Å². The molecule has 0 saturated carbocycles. The first-order chi connectivity index (χ1) is 6.77. The molecule has 0 amide bonds. The molecule has 0 unspecified atom stereocenters. The number of hydrogen-bond donors (Lipinski definition) is 0. The van der Waals surface area contributed by atoms with E-state index < -0.39 is 0 Å². The van der Waals surface area contributed by atoms with Crippen LogP contribution in [0, 0.1) is 0 Å². The summed E-state index contributed by atoms with van der Waals surface area (Å²) in [4.78, 5) is 16.2. The second-order valence-corrected chi connectivity index (χ2v) is 4.38. The van der Waals surface area contributed by atoms with Gasteiger partial charge in [0.25, 0.3) is 0 Å². The summed E-state index contributed by atoms with van der Waals surface area (Å²) in [6.07, 6.45) is 2.94. The van der Waals surface area contributed by atoms with Crippen molar-refractivity contribution in [1.29, 1.82) is 0 Å². The number of hydrogen-bond acceptors (Lipinski definition) is 4. The zero-order chi connectivity index (χ0) is 9.97. The summed E-state index contributed by atoms with van der Waals surface area (Å²) < 4.78 is 2.35. The molecule has 0 aromatic carbocycles. The third-order valence-corrected chi connectivity index (χ3v) is 3.52. The highest BCUT2D eigenvalue weighted by Gasteiger charge is 2.11. The molecular weight excluding hydrogens is 266 g/mol. The molecule has 2 rings (SSSR count). The molecule has 0 bridgehead atoms. The van der Waals surface area contributed by atoms with Gasteiger partial charge >= 0.3 is 0 Å². The Kier molecular flexibility index (Phi) is 2.74. The van der Waals surface area contributed by atoms with Gasteiger partial charge in [0, 0.05) is 4.47 Å². The van der Waals surface area contributed by atoms with Crippen LogP contribution in [0.2, 0.25) is 0 Å². The lowest BCUT2D eigenvalue weighted by atomic mass is 10.3. The third-order valence-electron chi connectivity index (χ3n) is 1.64. The number of aromatic nitrogens is 3. The molecule has 0 N–H and O–H groups in total. The summed E-state index contributed by atoms with van der Waals surface area (Å²) in [7, 11) is 0. The summed E-state index contributed by atoms with van der Waals surface area (Å²) in [5.74, 6) is 0.0392. The monoisotopic (exact) mass is 271 g/mol. The van der Waals surface area contributed by atoms with Gasteiger partial charge in [0.2, 0.25) is 0 Å². The third kappa shape index (κ3) is 1.91. The van der Waals surface area contributed by atoms with Crippen LogP contribution in [0.4, 0.5) is 0 Å². The van der Waals surface area contributed by atoms with E-state index in [2.05, 4.69) is 26.0 Å². The minimum absolute atomic E-state index is 0.0392. The van der Waals surface area contributed by atoms with E-state index in [0.717, 1.165) is 9.35 Å². The van der Waals surface area contributed by atoms with Crippen LogP contribution in [0.15, 0.2) is 28.6 Å². The van der Waals surface area contributed by atoms with Crippen LogP contribution in [0.5, 0.6) is 0 Å². The number of Topliss-reactive ketones (excluding diaryl/α,β-unsaturated/α-hetero) is 1. The number of carbonyl (C=O) groups excluding carboxylic acids is 1. The second-order valence-electron chi connectivity index (χ2n) is 2.61.